The topological polar surface area (TPSA) is 64.7 Å². The molecule has 2 heterocycles. The number of hydrogen-bond donors (Lipinski definition) is 1. The fourth-order valence-corrected chi connectivity index (χ4v) is 3.19. The molecule has 22 heavy (non-hydrogen) atoms. The molecule has 0 saturated carbocycles. The van der Waals surface area contributed by atoms with Crippen molar-refractivity contribution in [3.05, 3.63) is 58.4 Å². The van der Waals surface area contributed by atoms with Crippen molar-refractivity contribution in [3.8, 4) is 11.3 Å². The van der Waals surface area contributed by atoms with Gasteiger partial charge in [0.15, 0.2) is 5.13 Å². The lowest BCUT2D eigenvalue weighted by Gasteiger charge is -2.05. The molecule has 0 fully saturated rings. The number of nitrogens with zero attached hydrogens (tertiary/aromatic N) is 3. The second kappa shape index (κ2) is 6.85. The van der Waals surface area contributed by atoms with Gasteiger partial charge in [-0.25, -0.2) is 15.0 Å². The summed E-state index contributed by atoms with van der Waals surface area (Å²) < 4.78 is 0. The predicted octanol–water partition coefficient (Wildman–Crippen LogP) is 4.01. The molecule has 2 N–H and O–H groups in total. The molecule has 0 saturated heterocycles. The van der Waals surface area contributed by atoms with E-state index in [1.54, 1.807) is 17.7 Å². The Morgan fingerprint density at radius 3 is 2.73 bits per heavy atom. The Labute approximate surface area is 138 Å². The van der Waals surface area contributed by atoms with E-state index in [2.05, 4.69) is 15.0 Å². The minimum absolute atomic E-state index is 0.623. The molecule has 0 aliphatic heterocycles. The summed E-state index contributed by atoms with van der Waals surface area (Å²) >= 11 is 7.76. The average Bonchev–Trinajstić information content (AvgIpc) is 2.94. The van der Waals surface area contributed by atoms with Crippen molar-refractivity contribution in [2.75, 3.05) is 5.73 Å². The molecule has 0 amide bonds. The quantitative estimate of drug-likeness (QED) is 0.767. The second-order valence-corrected chi connectivity index (χ2v) is 6.45. The number of nitrogen functional groups attached to an aromatic ring is 1. The van der Waals surface area contributed by atoms with E-state index in [9.17, 15) is 0 Å². The number of rotatable bonds is 5. The van der Waals surface area contributed by atoms with Crippen molar-refractivity contribution in [1.82, 2.24) is 15.0 Å². The number of halogens is 1. The first-order chi connectivity index (χ1) is 10.7. The van der Waals surface area contributed by atoms with Crippen LogP contribution in [0.1, 0.15) is 17.0 Å². The van der Waals surface area contributed by atoms with Gasteiger partial charge in [-0.05, 0) is 31.4 Å². The molecule has 3 aromatic rings. The lowest BCUT2D eigenvalue weighted by molar-refractivity contribution is 0.802. The zero-order chi connectivity index (χ0) is 15.4. The summed E-state index contributed by atoms with van der Waals surface area (Å²) in [6, 6.07) is 9.70. The highest BCUT2D eigenvalue weighted by molar-refractivity contribution is 7.15. The Kier molecular flexibility index (Phi) is 4.65. The first-order valence-electron chi connectivity index (χ1n) is 6.98. The number of thiazole rings is 1. The lowest BCUT2D eigenvalue weighted by atomic mass is 10.1. The summed E-state index contributed by atoms with van der Waals surface area (Å²) in [6.45, 7) is 0. The van der Waals surface area contributed by atoms with Crippen molar-refractivity contribution in [3.63, 3.8) is 0 Å². The van der Waals surface area contributed by atoms with E-state index >= 15 is 0 Å². The highest BCUT2D eigenvalue weighted by Crippen LogP contribution is 2.26. The SMILES string of the molecule is Nc1ncc(CCCc2cc(-c3ccccc3Cl)ncn2)s1. The van der Waals surface area contributed by atoms with E-state index < -0.39 is 0 Å². The maximum absolute atomic E-state index is 6.22. The van der Waals surface area contributed by atoms with E-state index in [0.717, 1.165) is 36.2 Å². The van der Waals surface area contributed by atoms with Gasteiger partial charge < -0.3 is 5.73 Å². The molecule has 0 atom stereocenters. The molecule has 0 unspecified atom stereocenters. The minimum Gasteiger partial charge on any atom is -0.375 e. The lowest BCUT2D eigenvalue weighted by Crippen LogP contribution is -1.95. The zero-order valence-electron chi connectivity index (χ0n) is 11.9. The molecule has 0 spiro atoms. The van der Waals surface area contributed by atoms with Crippen molar-refractivity contribution < 1.29 is 0 Å². The first-order valence-corrected chi connectivity index (χ1v) is 8.18. The highest BCUT2D eigenvalue weighted by Gasteiger charge is 2.06. The third kappa shape index (κ3) is 3.61. The van der Waals surface area contributed by atoms with Crippen LogP contribution in [0.5, 0.6) is 0 Å². The van der Waals surface area contributed by atoms with Crippen LogP contribution in [0.2, 0.25) is 5.02 Å². The average molecular weight is 331 g/mol. The molecule has 0 aliphatic carbocycles. The van der Waals surface area contributed by atoms with Gasteiger partial charge in [0, 0.05) is 27.4 Å². The van der Waals surface area contributed by atoms with Gasteiger partial charge in [0.1, 0.15) is 6.33 Å². The second-order valence-electron chi connectivity index (χ2n) is 4.89. The molecule has 112 valence electrons. The van der Waals surface area contributed by atoms with Crippen LogP contribution in [0.3, 0.4) is 0 Å². The van der Waals surface area contributed by atoms with Gasteiger partial charge in [-0.2, -0.15) is 0 Å². The van der Waals surface area contributed by atoms with E-state index in [-0.39, 0.29) is 0 Å². The van der Waals surface area contributed by atoms with E-state index in [4.69, 9.17) is 17.3 Å². The Hall–Kier alpha value is -1.98. The van der Waals surface area contributed by atoms with Crippen LogP contribution in [0.4, 0.5) is 5.13 Å². The molecular weight excluding hydrogens is 316 g/mol. The van der Waals surface area contributed by atoms with Gasteiger partial charge in [0.05, 0.1) is 5.69 Å². The van der Waals surface area contributed by atoms with Crippen LogP contribution in [0.15, 0.2) is 42.9 Å². The molecule has 2 aromatic heterocycles. The molecule has 4 nitrogen and oxygen atoms in total. The molecule has 0 radical (unpaired) electrons. The van der Waals surface area contributed by atoms with Crippen molar-refractivity contribution >= 4 is 28.1 Å². The van der Waals surface area contributed by atoms with Crippen LogP contribution in [-0.2, 0) is 12.8 Å². The maximum atomic E-state index is 6.22. The minimum atomic E-state index is 0.623. The Morgan fingerprint density at radius 1 is 1.09 bits per heavy atom. The van der Waals surface area contributed by atoms with Gasteiger partial charge >= 0.3 is 0 Å². The van der Waals surface area contributed by atoms with Crippen molar-refractivity contribution in [2.24, 2.45) is 0 Å². The molecular formula is C16H15ClN4S. The zero-order valence-corrected chi connectivity index (χ0v) is 13.4. The van der Waals surface area contributed by atoms with Gasteiger partial charge in [0.25, 0.3) is 0 Å². The number of aryl methyl sites for hydroxylation is 2. The molecule has 3 rings (SSSR count). The van der Waals surface area contributed by atoms with Crippen molar-refractivity contribution in [1.29, 1.82) is 0 Å². The third-order valence-corrected chi connectivity index (χ3v) is 4.52. The molecule has 6 heteroatoms. The highest BCUT2D eigenvalue weighted by atomic mass is 35.5. The van der Waals surface area contributed by atoms with Crippen LogP contribution in [0, 0.1) is 0 Å². The summed E-state index contributed by atoms with van der Waals surface area (Å²) in [7, 11) is 0. The van der Waals surface area contributed by atoms with Crippen LogP contribution in [0.25, 0.3) is 11.3 Å². The largest absolute Gasteiger partial charge is 0.375 e. The van der Waals surface area contributed by atoms with Crippen LogP contribution < -0.4 is 5.73 Å². The number of aromatic nitrogens is 3. The number of hydrogen-bond acceptors (Lipinski definition) is 5. The smallest absolute Gasteiger partial charge is 0.180 e. The number of benzene rings is 1. The summed E-state index contributed by atoms with van der Waals surface area (Å²) in [5, 5.41) is 1.32. The van der Waals surface area contributed by atoms with E-state index in [1.807, 2.05) is 36.5 Å². The fraction of sp³-hybridized carbons (Fsp3) is 0.188. The predicted molar refractivity (Wildman–Crippen MR) is 91.0 cm³/mol. The van der Waals surface area contributed by atoms with Gasteiger partial charge in [-0.1, -0.05) is 29.8 Å². The summed E-state index contributed by atoms with van der Waals surface area (Å²) in [6.07, 6.45) is 6.28. The summed E-state index contributed by atoms with van der Waals surface area (Å²) in [5.74, 6) is 0. The summed E-state index contributed by atoms with van der Waals surface area (Å²) in [4.78, 5) is 13.9. The van der Waals surface area contributed by atoms with Crippen molar-refractivity contribution in [2.45, 2.75) is 19.3 Å². The Balaban J connectivity index is 1.68. The van der Waals surface area contributed by atoms with E-state index in [1.165, 1.54) is 4.88 Å². The Bertz CT molecular complexity index is 772. The first kappa shape index (κ1) is 14.9. The standard InChI is InChI=1S/C16H15ClN4S/c17-14-7-2-1-6-13(14)15-8-11(20-10-21-15)4-3-5-12-9-19-16(18)22-12/h1-2,6-10H,3-5H2,(H2,18,19). The van der Waals surface area contributed by atoms with E-state index in [0.29, 0.717) is 10.2 Å². The molecule has 0 aliphatic rings. The number of nitrogens with two attached hydrogens (primary N) is 1. The monoisotopic (exact) mass is 330 g/mol. The maximum Gasteiger partial charge on any atom is 0.180 e. The number of anilines is 1. The van der Waals surface area contributed by atoms with Gasteiger partial charge in [-0.15, -0.1) is 11.3 Å². The molecule has 0 bridgehead atoms. The summed E-state index contributed by atoms with van der Waals surface area (Å²) in [5.41, 5.74) is 8.44. The molecule has 1 aromatic carbocycles. The van der Waals surface area contributed by atoms with Gasteiger partial charge in [0.2, 0.25) is 0 Å². The normalized spacial score (nSPS) is 10.8. The van der Waals surface area contributed by atoms with Crippen LogP contribution in [-0.4, -0.2) is 15.0 Å². The van der Waals surface area contributed by atoms with Crippen LogP contribution >= 0.6 is 22.9 Å². The third-order valence-electron chi connectivity index (χ3n) is 3.30. The Morgan fingerprint density at radius 2 is 1.95 bits per heavy atom. The fourth-order valence-electron chi connectivity index (χ4n) is 2.23. The van der Waals surface area contributed by atoms with Gasteiger partial charge in [-0.3, -0.25) is 0 Å².